The van der Waals surface area contributed by atoms with Crippen LogP contribution >= 0.6 is 0 Å². The lowest BCUT2D eigenvalue weighted by Crippen LogP contribution is -2.27. The Balaban J connectivity index is 2.10. The fraction of sp³-hybridized carbons (Fsp3) is 0.500. The van der Waals surface area contributed by atoms with Gasteiger partial charge in [0.15, 0.2) is 0 Å². The summed E-state index contributed by atoms with van der Waals surface area (Å²) < 4.78 is 0. The normalized spacial score (nSPS) is 26.6. The molecule has 0 saturated heterocycles. The summed E-state index contributed by atoms with van der Waals surface area (Å²) in [6.45, 7) is 13.8. The van der Waals surface area contributed by atoms with Gasteiger partial charge < -0.3 is 5.73 Å². The molecular weight excluding hydrogens is 302 g/mol. The highest BCUT2D eigenvalue weighted by atomic mass is 14.6. The molecule has 0 aliphatic heterocycles. The van der Waals surface area contributed by atoms with Gasteiger partial charge in [-0.05, 0) is 79.5 Å². The molecule has 2 aromatic rings. The number of rotatable bonds is 2. The lowest BCUT2D eigenvalue weighted by Gasteiger charge is -2.39. The molecule has 1 nitrogen and oxygen atoms in total. The van der Waals surface area contributed by atoms with E-state index in [1.54, 1.807) is 0 Å². The van der Waals surface area contributed by atoms with Gasteiger partial charge in [0.05, 0.1) is 0 Å². The first-order valence-corrected chi connectivity index (χ1v) is 9.76. The summed E-state index contributed by atoms with van der Waals surface area (Å²) in [5, 5.41) is 0. The van der Waals surface area contributed by atoms with Crippen LogP contribution in [0.4, 0.5) is 5.69 Å². The zero-order chi connectivity index (χ0) is 18.3. The van der Waals surface area contributed by atoms with Crippen molar-refractivity contribution in [1.29, 1.82) is 0 Å². The summed E-state index contributed by atoms with van der Waals surface area (Å²) in [5.74, 6) is 2.78. The van der Waals surface area contributed by atoms with Gasteiger partial charge in [0, 0.05) is 11.3 Å². The van der Waals surface area contributed by atoms with Crippen molar-refractivity contribution in [2.24, 2.45) is 17.8 Å². The van der Waals surface area contributed by atoms with E-state index in [4.69, 9.17) is 5.73 Å². The lowest BCUT2D eigenvalue weighted by molar-refractivity contribution is 0.193. The second-order valence-corrected chi connectivity index (χ2v) is 8.64. The van der Waals surface area contributed by atoms with E-state index in [0.29, 0.717) is 17.8 Å². The highest BCUT2D eigenvalue weighted by Crippen LogP contribution is 2.47. The highest BCUT2D eigenvalue weighted by molar-refractivity contribution is 5.83. The molecule has 1 heteroatoms. The van der Waals surface area contributed by atoms with Gasteiger partial charge in [0.2, 0.25) is 0 Å². The molecule has 1 fully saturated rings. The molecule has 1 aliphatic rings. The largest absolute Gasteiger partial charge is 0.398 e. The van der Waals surface area contributed by atoms with E-state index < -0.39 is 0 Å². The maximum absolute atomic E-state index is 6.78. The Kier molecular flexibility index (Phi) is 4.95. The van der Waals surface area contributed by atoms with Gasteiger partial charge in [0.25, 0.3) is 0 Å². The number of aryl methyl sites for hydroxylation is 3. The van der Waals surface area contributed by atoms with Gasteiger partial charge in [-0.3, -0.25) is 0 Å². The van der Waals surface area contributed by atoms with E-state index in [1.165, 1.54) is 46.2 Å². The van der Waals surface area contributed by atoms with E-state index >= 15 is 0 Å². The first kappa shape index (κ1) is 18.0. The molecule has 25 heavy (non-hydrogen) atoms. The van der Waals surface area contributed by atoms with Crippen molar-refractivity contribution < 1.29 is 0 Å². The zero-order valence-corrected chi connectivity index (χ0v) is 16.7. The summed E-state index contributed by atoms with van der Waals surface area (Å²) in [4.78, 5) is 0. The molecule has 0 amide bonds. The van der Waals surface area contributed by atoms with Crippen molar-refractivity contribution in [3.05, 3.63) is 52.6 Å². The van der Waals surface area contributed by atoms with Crippen LogP contribution in [-0.4, -0.2) is 0 Å². The van der Waals surface area contributed by atoms with Crippen molar-refractivity contribution in [3.8, 4) is 11.1 Å². The van der Waals surface area contributed by atoms with Gasteiger partial charge in [-0.2, -0.15) is 0 Å². The van der Waals surface area contributed by atoms with Crippen LogP contribution in [0, 0.1) is 38.5 Å². The third-order valence-corrected chi connectivity index (χ3v) is 6.22. The average Bonchev–Trinajstić information content (AvgIpc) is 2.48. The highest BCUT2D eigenvalue weighted by Gasteiger charge is 2.33. The maximum atomic E-state index is 6.78. The van der Waals surface area contributed by atoms with E-state index in [0.717, 1.165) is 11.6 Å². The van der Waals surface area contributed by atoms with Gasteiger partial charge in [-0.25, -0.2) is 0 Å². The molecular formula is C24H33N. The molecule has 2 unspecified atom stereocenters. The minimum atomic E-state index is 0.571. The van der Waals surface area contributed by atoms with Crippen molar-refractivity contribution in [1.82, 2.24) is 0 Å². The number of benzene rings is 2. The topological polar surface area (TPSA) is 26.0 Å². The Morgan fingerprint density at radius 1 is 0.880 bits per heavy atom. The molecule has 1 aliphatic carbocycles. The molecule has 2 N–H and O–H groups in total. The van der Waals surface area contributed by atoms with Crippen LogP contribution in [0.25, 0.3) is 11.1 Å². The SMILES string of the molecule is Cc1cc(C)c(-c2cccc(C3C(C)CC(C)CC3C)c2N)c(C)c1. The van der Waals surface area contributed by atoms with E-state index in [-0.39, 0.29) is 0 Å². The molecule has 0 radical (unpaired) electrons. The fourth-order valence-corrected chi connectivity index (χ4v) is 5.53. The first-order chi connectivity index (χ1) is 11.8. The monoisotopic (exact) mass is 335 g/mol. The number of nitrogen functional groups attached to an aromatic ring is 1. The number of anilines is 1. The maximum Gasteiger partial charge on any atom is 0.0429 e. The second-order valence-electron chi connectivity index (χ2n) is 8.64. The fourth-order valence-electron chi connectivity index (χ4n) is 5.53. The molecule has 1 saturated carbocycles. The van der Waals surface area contributed by atoms with Crippen LogP contribution in [0.15, 0.2) is 30.3 Å². The summed E-state index contributed by atoms with van der Waals surface area (Å²) in [6, 6.07) is 11.2. The molecule has 0 heterocycles. The molecule has 0 bridgehead atoms. The Morgan fingerprint density at radius 2 is 1.44 bits per heavy atom. The molecule has 0 aromatic heterocycles. The van der Waals surface area contributed by atoms with Gasteiger partial charge in [-0.1, -0.05) is 56.7 Å². The van der Waals surface area contributed by atoms with Crippen LogP contribution in [0.1, 0.15) is 61.8 Å². The number of hydrogen-bond acceptors (Lipinski definition) is 1. The molecule has 134 valence electrons. The Labute approximate surface area is 153 Å². The Morgan fingerprint density at radius 3 is 2.00 bits per heavy atom. The summed E-state index contributed by atoms with van der Waals surface area (Å²) in [5.41, 5.74) is 15.6. The molecule has 3 rings (SSSR count). The van der Waals surface area contributed by atoms with Crippen LogP contribution in [-0.2, 0) is 0 Å². The average molecular weight is 336 g/mol. The zero-order valence-electron chi connectivity index (χ0n) is 16.7. The van der Waals surface area contributed by atoms with E-state index in [9.17, 15) is 0 Å². The smallest absolute Gasteiger partial charge is 0.0429 e. The van der Waals surface area contributed by atoms with Gasteiger partial charge in [-0.15, -0.1) is 0 Å². The van der Waals surface area contributed by atoms with Crippen molar-refractivity contribution >= 4 is 5.69 Å². The standard InChI is InChI=1S/C24H33N/c1-14-10-16(3)22(17(4)11-14)20-8-7-9-21(24(20)25)23-18(5)12-15(2)13-19(23)6/h7-11,15,18-19,23H,12-13,25H2,1-6H3. The third-order valence-electron chi connectivity index (χ3n) is 6.22. The molecule has 2 atom stereocenters. The van der Waals surface area contributed by atoms with Crippen LogP contribution in [0.3, 0.4) is 0 Å². The summed E-state index contributed by atoms with van der Waals surface area (Å²) in [6.07, 6.45) is 2.61. The minimum absolute atomic E-state index is 0.571. The van der Waals surface area contributed by atoms with Gasteiger partial charge >= 0.3 is 0 Å². The molecule has 2 aromatic carbocycles. The predicted octanol–water partition coefficient (Wildman–Crippen LogP) is 6.65. The second kappa shape index (κ2) is 6.86. The number of para-hydroxylation sites is 1. The van der Waals surface area contributed by atoms with Crippen molar-refractivity contribution in [3.63, 3.8) is 0 Å². The van der Waals surface area contributed by atoms with Crippen LogP contribution in [0.5, 0.6) is 0 Å². The summed E-state index contributed by atoms with van der Waals surface area (Å²) in [7, 11) is 0. The Hall–Kier alpha value is -1.76. The predicted molar refractivity (Wildman–Crippen MR) is 110 cm³/mol. The minimum Gasteiger partial charge on any atom is -0.398 e. The lowest BCUT2D eigenvalue weighted by atomic mass is 9.66. The van der Waals surface area contributed by atoms with Crippen LogP contribution < -0.4 is 5.73 Å². The summed E-state index contributed by atoms with van der Waals surface area (Å²) >= 11 is 0. The molecule has 0 spiro atoms. The number of hydrogen-bond donors (Lipinski definition) is 1. The number of nitrogens with two attached hydrogens (primary N) is 1. The first-order valence-electron chi connectivity index (χ1n) is 9.76. The van der Waals surface area contributed by atoms with E-state index in [1.807, 2.05) is 0 Å². The van der Waals surface area contributed by atoms with Gasteiger partial charge in [0.1, 0.15) is 0 Å². The Bertz CT molecular complexity index is 739. The van der Waals surface area contributed by atoms with E-state index in [2.05, 4.69) is 71.9 Å². The third kappa shape index (κ3) is 3.34. The van der Waals surface area contributed by atoms with Crippen molar-refractivity contribution in [2.45, 2.75) is 60.3 Å². The van der Waals surface area contributed by atoms with Crippen LogP contribution in [0.2, 0.25) is 0 Å². The quantitative estimate of drug-likeness (QED) is 0.611. The van der Waals surface area contributed by atoms with Crippen molar-refractivity contribution in [2.75, 3.05) is 5.73 Å².